The molecule has 3 heterocycles. The van der Waals surface area contributed by atoms with E-state index in [4.69, 9.17) is 23.7 Å². The molecule has 15 atom stereocenters. The van der Waals surface area contributed by atoms with E-state index >= 15 is 0 Å². The summed E-state index contributed by atoms with van der Waals surface area (Å²) in [6.07, 6.45) is 11.2. The Bertz CT molecular complexity index is 1790. The summed E-state index contributed by atoms with van der Waals surface area (Å²) in [6.45, 7) is 12.7. The number of carbonyl (C=O) groups excluding carboxylic acids is 5. The topological polar surface area (TPSA) is 205 Å². The molecule has 17 heteroatoms. The summed E-state index contributed by atoms with van der Waals surface area (Å²) in [6, 6.07) is -1.14. The Morgan fingerprint density at radius 1 is 0.853 bits per heavy atom. The Balaban J connectivity index is 0.00000397. The van der Waals surface area contributed by atoms with Crippen LogP contribution in [0.1, 0.15) is 126 Å². The molecule has 4 aliphatic rings. The number of cyclic esters (lactones) is 1. The highest BCUT2D eigenvalue weighted by Crippen LogP contribution is 2.38. The third-order valence-corrected chi connectivity index (χ3v) is 14.5. The maximum Gasteiger partial charge on any atom is 0.329 e. The molecule has 68 heavy (non-hydrogen) atoms. The summed E-state index contributed by atoms with van der Waals surface area (Å²) in [5.74, 6) is -7.96. The van der Waals surface area contributed by atoms with Gasteiger partial charge in [0.05, 0.1) is 24.4 Å². The van der Waals surface area contributed by atoms with Gasteiger partial charge in [0.25, 0.3) is 11.7 Å². The van der Waals surface area contributed by atoms with Crippen LogP contribution in [0.15, 0.2) is 47.6 Å². The first-order chi connectivity index (χ1) is 32.2. The first-order valence-electron chi connectivity index (χ1n) is 24.7. The highest BCUT2D eigenvalue weighted by molar-refractivity contribution is 6.39. The number of aliphatic hydroxyl groups is 3. The molecule has 3 N–H and O–H groups in total. The van der Waals surface area contributed by atoms with Gasteiger partial charge in [-0.1, -0.05) is 71.1 Å². The van der Waals surface area contributed by atoms with Gasteiger partial charge in [-0.15, -0.1) is 0 Å². The molecule has 0 aromatic carbocycles. The number of piperidine rings is 1. The first-order valence-corrected chi connectivity index (χ1v) is 26.4. The zero-order chi connectivity index (χ0) is 50.9. The molecule has 1 saturated carbocycles. The third kappa shape index (κ3) is 16.6. The van der Waals surface area contributed by atoms with Crippen molar-refractivity contribution in [3.63, 3.8) is 0 Å². The Morgan fingerprint density at radius 3 is 2.19 bits per heavy atom. The molecular weight excluding hydrogens is 907 g/mol. The van der Waals surface area contributed by atoms with Crippen LogP contribution >= 0.6 is 0 Å². The maximum absolute atomic E-state index is 14.4. The predicted molar refractivity (Wildman–Crippen MR) is 266 cm³/mol. The average Bonchev–Trinajstić information content (AvgIpc) is 3.31. The molecule has 0 aromatic heterocycles. The number of fused-ring (bicyclic) bond motifs is 3. The van der Waals surface area contributed by atoms with Gasteiger partial charge in [0.1, 0.15) is 51.1 Å². The fraction of sp³-hybridized carbons (Fsp3) is 0.745. The summed E-state index contributed by atoms with van der Waals surface area (Å²) in [5.41, 5.74) is 1.27. The number of ketones is 3. The molecule has 1 aliphatic carbocycles. The number of carbonyl (C=O) groups is 5. The van der Waals surface area contributed by atoms with E-state index in [1.165, 1.54) is 12.0 Å². The van der Waals surface area contributed by atoms with Gasteiger partial charge < -0.3 is 48.0 Å². The molecule has 3 fully saturated rings. The lowest BCUT2D eigenvalue weighted by atomic mass is 9.78. The van der Waals surface area contributed by atoms with Crippen LogP contribution < -0.4 is 0 Å². The van der Waals surface area contributed by atoms with E-state index in [0.29, 0.717) is 63.4 Å². The average molecular weight is 992 g/mol. The van der Waals surface area contributed by atoms with Crippen LogP contribution in [-0.4, -0.2) is 153 Å². The fourth-order valence-electron chi connectivity index (χ4n) is 10.1. The van der Waals surface area contributed by atoms with Crippen LogP contribution in [-0.2, 0) is 51.8 Å². The van der Waals surface area contributed by atoms with Crippen molar-refractivity contribution in [2.75, 3.05) is 27.9 Å². The van der Waals surface area contributed by atoms with E-state index in [0.717, 1.165) is 33.0 Å². The van der Waals surface area contributed by atoms with E-state index in [1.807, 2.05) is 58.1 Å². The molecule has 4 rings (SSSR count). The number of rotatable bonds is 6. The minimum atomic E-state index is -2.43. The third-order valence-electron chi connectivity index (χ3n) is 14.5. The van der Waals surface area contributed by atoms with Gasteiger partial charge in [0.2, 0.25) is 5.79 Å². The van der Waals surface area contributed by atoms with E-state index < -0.39 is 83.9 Å². The second-order valence-electron chi connectivity index (χ2n) is 20.0. The number of hydrogen-bond acceptors (Lipinski definition) is 14. The van der Waals surface area contributed by atoms with Gasteiger partial charge in [-0.3, -0.25) is 19.2 Å². The zero-order valence-corrected chi connectivity index (χ0v) is 47.0. The van der Waals surface area contributed by atoms with Crippen LogP contribution in [0.25, 0.3) is 0 Å². The lowest BCUT2D eigenvalue weighted by Crippen LogP contribution is -2.61. The number of ether oxygens (including phenoxy) is 5. The lowest BCUT2D eigenvalue weighted by molar-refractivity contribution is -0.265. The molecular formula is C51H85NO14Si2. The largest absolute Gasteiger partial charge is 0.471 e. The number of esters is 1. The molecule has 0 radical (unpaired) electrons. The van der Waals surface area contributed by atoms with Gasteiger partial charge in [0.15, 0.2) is 5.78 Å². The molecule has 0 spiro atoms. The number of hydrogen-bond donors (Lipinski definition) is 3. The predicted octanol–water partition coefficient (Wildman–Crippen LogP) is 3.74. The van der Waals surface area contributed by atoms with Crippen molar-refractivity contribution in [3.8, 4) is 0 Å². The first kappa shape index (κ1) is 59.3. The Morgan fingerprint density at radius 2 is 1.54 bits per heavy atom. The second-order valence-corrected chi connectivity index (χ2v) is 23.3. The standard InChI is InChI=1S/C51H79NO13.H6OSi2/c1-30-16-12-11-13-17-31(2)42(61-8)28-38-21-19-36(7)51(60,65-38)48(57)49(58)52-23-15-14-18-39(52)50(59)64-43(33(4)26-37-20-22-40(53)44(27-37)62-9)29-41(54)32(3)25-35(6)46(56)47(63-10)45(55)34(5)24-30;2-1-3/h11-13,16-17,25,30,32-34,36-40,42-44,46-47,53,56,60H,14-15,18-24,26-29H2,1-10H3;2-3H3/b13-11+,16-12+,31-17+,35-25+;/t30-,32-,33-,34-,36-,37+,38+,39+,40-,42+,43+,44-,46-,47+,51-;/m1./s1. The van der Waals surface area contributed by atoms with Crippen molar-refractivity contribution >= 4 is 50.2 Å². The molecule has 386 valence electrons. The van der Waals surface area contributed by atoms with Crippen molar-refractivity contribution in [1.29, 1.82) is 0 Å². The Labute approximate surface area is 411 Å². The minimum absolute atomic E-state index is 0.0193. The van der Waals surface area contributed by atoms with E-state index in [2.05, 4.69) is 4.12 Å². The zero-order valence-electron chi connectivity index (χ0n) is 43.0. The number of Topliss-reactive ketones (excluding diaryl/α,β-unsaturated/α-hetero) is 3. The Hall–Kier alpha value is -2.98. The van der Waals surface area contributed by atoms with E-state index in [9.17, 15) is 39.3 Å². The molecule has 3 aliphatic heterocycles. The van der Waals surface area contributed by atoms with Gasteiger partial charge in [0, 0.05) is 58.5 Å². The summed E-state index contributed by atoms with van der Waals surface area (Å²) >= 11 is 0. The van der Waals surface area contributed by atoms with Crippen LogP contribution in [0.5, 0.6) is 0 Å². The monoisotopic (exact) mass is 992 g/mol. The number of amides is 1. The van der Waals surface area contributed by atoms with Crippen molar-refractivity contribution in [2.45, 2.75) is 180 Å². The highest BCUT2D eigenvalue weighted by Gasteiger charge is 2.53. The van der Waals surface area contributed by atoms with Gasteiger partial charge in [-0.25, -0.2) is 4.79 Å². The van der Waals surface area contributed by atoms with Gasteiger partial charge >= 0.3 is 5.97 Å². The summed E-state index contributed by atoms with van der Waals surface area (Å²) in [7, 11) is 6.38. The molecule has 0 unspecified atom stereocenters. The molecule has 0 aromatic rings. The summed E-state index contributed by atoms with van der Waals surface area (Å²) < 4.78 is 33.9. The maximum atomic E-state index is 14.4. The fourth-order valence-corrected chi connectivity index (χ4v) is 10.1. The summed E-state index contributed by atoms with van der Waals surface area (Å²) in [5, 5.41) is 33.8. The van der Waals surface area contributed by atoms with E-state index in [1.54, 1.807) is 41.1 Å². The van der Waals surface area contributed by atoms with Gasteiger partial charge in [-0.05, 0) is 107 Å². The number of nitrogens with zero attached hydrogens (tertiary/aromatic N) is 1. The number of methoxy groups -OCH3 is 3. The quantitative estimate of drug-likeness (QED) is 0.150. The van der Waals surface area contributed by atoms with Crippen molar-refractivity contribution < 1.29 is 67.1 Å². The molecule has 15 nitrogen and oxygen atoms in total. The lowest BCUT2D eigenvalue weighted by Gasteiger charge is -2.42. The molecule has 1 amide bonds. The van der Waals surface area contributed by atoms with Crippen molar-refractivity contribution in [3.05, 3.63) is 47.6 Å². The van der Waals surface area contributed by atoms with E-state index in [-0.39, 0.29) is 54.8 Å². The Kier molecular flexibility index (Phi) is 25.1. The summed E-state index contributed by atoms with van der Waals surface area (Å²) in [4.78, 5) is 71.8. The number of allylic oxidation sites excluding steroid dienone is 6. The van der Waals surface area contributed by atoms with Crippen molar-refractivity contribution in [2.24, 2.45) is 35.5 Å². The molecule has 2 bridgehead atoms. The normalized spacial score (nSPS) is 39.0. The molecule has 2 saturated heterocycles. The minimum Gasteiger partial charge on any atom is -0.471 e. The SMILES string of the molecule is CO[C@H]1C[C@@H]2CC[C@@H](C)[C@@](O)(O2)C(=O)C(=O)N2CCCC[C@H]2C(=O)O[C@H]([C@H](C)C[C@@H]2CC[C@@H](O)[C@H](OC)C2)CC(=O)[C@H](C)/C=C(\C)[C@@H](O)[C@@H](OC)C(=O)[C@H](C)C[C@H](C)/C=C/C=C/C=C/1C.[SiH3]O[SiH3]. The van der Waals surface area contributed by atoms with Crippen molar-refractivity contribution in [1.82, 2.24) is 4.90 Å². The van der Waals surface area contributed by atoms with Crippen LogP contribution in [0.4, 0.5) is 0 Å². The van der Waals surface area contributed by atoms with Crippen LogP contribution in [0, 0.1) is 35.5 Å². The number of aliphatic hydroxyl groups excluding tert-OH is 2. The van der Waals surface area contributed by atoms with Crippen LogP contribution in [0.2, 0.25) is 0 Å². The van der Waals surface area contributed by atoms with Crippen LogP contribution in [0.3, 0.4) is 0 Å². The second kappa shape index (κ2) is 28.8. The highest BCUT2D eigenvalue weighted by atomic mass is 28.3. The smallest absolute Gasteiger partial charge is 0.329 e. The van der Waals surface area contributed by atoms with Gasteiger partial charge in [-0.2, -0.15) is 0 Å².